The van der Waals surface area contributed by atoms with Gasteiger partial charge in [-0.2, -0.15) is 17.0 Å². The molecule has 0 aromatic heterocycles. The lowest BCUT2D eigenvalue weighted by Gasteiger charge is -2.32. The van der Waals surface area contributed by atoms with Crippen LogP contribution in [-0.2, 0) is 10.2 Å². The van der Waals surface area contributed by atoms with Crippen LogP contribution in [0.25, 0.3) is 0 Å². The summed E-state index contributed by atoms with van der Waals surface area (Å²) in [6, 6.07) is 0. The number of hydrogen-bond donors (Lipinski definition) is 1. The molecule has 6 heteroatoms. The summed E-state index contributed by atoms with van der Waals surface area (Å²) < 4.78 is 28.1. The molecule has 2 heterocycles. The van der Waals surface area contributed by atoms with E-state index in [1.54, 1.807) is 8.61 Å². The van der Waals surface area contributed by atoms with E-state index in [1.165, 1.54) is 0 Å². The molecule has 18 heavy (non-hydrogen) atoms. The summed E-state index contributed by atoms with van der Waals surface area (Å²) in [5.41, 5.74) is 0. The normalized spacial score (nSPS) is 28.9. The highest BCUT2D eigenvalue weighted by Crippen LogP contribution is 2.26. The van der Waals surface area contributed by atoms with E-state index < -0.39 is 10.2 Å². The molecule has 2 rings (SSSR count). The van der Waals surface area contributed by atoms with Crippen molar-refractivity contribution in [2.24, 2.45) is 11.8 Å². The SMILES string of the molecule is CC1CCN(S(=O)(=O)N2CCC(CCO)C2)CC1. The van der Waals surface area contributed by atoms with Crippen molar-refractivity contribution in [3.8, 4) is 0 Å². The van der Waals surface area contributed by atoms with Crippen LogP contribution in [0.15, 0.2) is 0 Å². The van der Waals surface area contributed by atoms with Crippen molar-refractivity contribution in [2.45, 2.75) is 32.6 Å². The lowest BCUT2D eigenvalue weighted by Crippen LogP contribution is -2.46. The summed E-state index contributed by atoms with van der Waals surface area (Å²) in [6.45, 7) is 4.83. The molecule has 0 radical (unpaired) electrons. The van der Waals surface area contributed by atoms with Crippen molar-refractivity contribution in [1.29, 1.82) is 0 Å². The Morgan fingerprint density at radius 1 is 1.11 bits per heavy atom. The first kappa shape index (κ1) is 14.2. The molecule has 0 aromatic carbocycles. The standard InChI is InChI=1S/C12H24N2O3S/c1-11-2-6-13(7-3-11)18(16,17)14-8-4-12(10-14)5-9-15/h11-12,15H,2-10H2,1H3. The monoisotopic (exact) mass is 276 g/mol. The Balaban J connectivity index is 1.95. The molecule has 1 atom stereocenters. The Morgan fingerprint density at radius 2 is 1.72 bits per heavy atom. The van der Waals surface area contributed by atoms with Crippen LogP contribution >= 0.6 is 0 Å². The van der Waals surface area contributed by atoms with E-state index in [1.807, 2.05) is 0 Å². The summed E-state index contributed by atoms with van der Waals surface area (Å²) in [5.74, 6) is 0.964. The van der Waals surface area contributed by atoms with Gasteiger partial charge in [0.05, 0.1) is 0 Å². The molecule has 0 saturated carbocycles. The smallest absolute Gasteiger partial charge is 0.281 e. The molecule has 2 aliphatic rings. The van der Waals surface area contributed by atoms with Gasteiger partial charge in [0.2, 0.25) is 0 Å². The Bertz CT molecular complexity index is 364. The molecule has 0 spiro atoms. The third-order valence-corrected chi connectivity index (χ3v) is 6.18. The fraction of sp³-hybridized carbons (Fsp3) is 1.00. The van der Waals surface area contributed by atoms with E-state index in [0.717, 1.165) is 19.3 Å². The Labute approximate surface area is 110 Å². The van der Waals surface area contributed by atoms with Crippen LogP contribution in [0.2, 0.25) is 0 Å². The molecule has 0 aromatic rings. The second kappa shape index (κ2) is 5.86. The van der Waals surface area contributed by atoms with Gasteiger partial charge in [-0.25, -0.2) is 0 Å². The van der Waals surface area contributed by atoms with Gasteiger partial charge in [-0.1, -0.05) is 6.92 Å². The minimum atomic E-state index is -3.25. The Morgan fingerprint density at radius 3 is 2.33 bits per heavy atom. The molecule has 0 bridgehead atoms. The zero-order valence-corrected chi connectivity index (χ0v) is 11.9. The van der Waals surface area contributed by atoms with Crippen LogP contribution in [0, 0.1) is 11.8 Å². The molecule has 2 saturated heterocycles. The zero-order chi connectivity index (χ0) is 13.2. The highest BCUT2D eigenvalue weighted by molar-refractivity contribution is 7.86. The van der Waals surface area contributed by atoms with Gasteiger partial charge in [-0.3, -0.25) is 0 Å². The van der Waals surface area contributed by atoms with Crippen molar-refractivity contribution in [3.63, 3.8) is 0 Å². The predicted octanol–water partition coefficient (Wildman–Crippen LogP) is 0.667. The van der Waals surface area contributed by atoms with E-state index in [4.69, 9.17) is 5.11 Å². The van der Waals surface area contributed by atoms with E-state index in [2.05, 4.69) is 6.92 Å². The molecule has 0 amide bonds. The molecule has 5 nitrogen and oxygen atoms in total. The van der Waals surface area contributed by atoms with Crippen LogP contribution in [-0.4, -0.2) is 54.9 Å². The van der Waals surface area contributed by atoms with Gasteiger partial charge in [0, 0.05) is 32.8 Å². The number of aliphatic hydroxyl groups is 1. The average molecular weight is 276 g/mol. The zero-order valence-electron chi connectivity index (χ0n) is 11.1. The van der Waals surface area contributed by atoms with Crippen molar-refractivity contribution in [2.75, 3.05) is 32.8 Å². The number of rotatable bonds is 4. The van der Waals surface area contributed by atoms with Gasteiger partial charge in [0.15, 0.2) is 0 Å². The number of hydrogen-bond acceptors (Lipinski definition) is 3. The topological polar surface area (TPSA) is 60.9 Å². The summed E-state index contributed by atoms with van der Waals surface area (Å²) in [4.78, 5) is 0. The van der Waals surface area contributed by atoms with Gasteiger partial charge >= 0.3 is 0 Å². The summed E-state index contributed by atoms with van der Waals surface area (Å²) >= 11 is 0. The molecule has 2 fully saturated rings. The minimum Gasteiger partial charge on any atom is -0.396 e. The second-order valence-electron chi connectivity index (χ2n) is 5.61. The molecule has 106 valence electrons. The van der Waals surface area contributed by atoms with Crippen LogP contribution < -0.4 is 0 Å². The van der Waals surface area contributed by atoms with Crippen molar-refractivity contribution >= 4 is 10.2 Å². The van der Waals surface area contributed by atoms with Gasteiger partial charge < -0.3 is 5.11 Å². The lowest BCUT2D eigenvalue weighted by molar-refractivity contribution is 0.254. The summed E-state index contributed by atoms with van der Waals surface area (Å²) in [6.07, 6.45) is 3.52. The molecule has 1 unspecified atom stereocenters. The van der Waals surface area contributed by atoms with Crippen molar-refractivity contribution < 1.29 is 13.5 Å². The maximum atomic E-state index is 12.4. The maximum absolute atomic E-state index is 12.4. The largest absolute Gasteiger partial charge is 0.396 e. The first-order valence-electron chi connectivity index (χ1n) is 6.90. The molecule has 1 N–H and O–H groups in total. The van der Waals surface area contributed by atoms with Gasteiger partial charge in [0.1, 0.15) is 0 Å². The van der Waals surface area contributed by atoms with Gasteiger partial charge in [-0.05, 0) is 37.5 Å². The highest BCUT2D eigenvalue weighted by Gasteiger charge is 2.36. The van der Waals surface area contributed by atoms with Crippen LogP contribution in [0.1, 0.15) is 32.6 Å². The molecular weight excluding hydrogens is 252 g/mol. The van der Waals surface area contributed by atoms with E-state index in [9.17, 15) is 8.42 Å². The van der Waals surface area contributed by atoms with Gasteiger partial charge in [-0.15, -0.1) is 0 Å². The lowest BCUT2D eigenvalue weighted by atomic mass is 10.0. The fourth-order valence-electron chi connectivity index (χ4n) is 2.80. The van der Waals surface area contributed by atoms with E-state index in [0.29, 0.717) is 44.4 Å². The van der Waals surface area contributed by atoms with Gasteiger partial charge in [0.25, 0.3) is 10.2 Å². The molecule has 0 aliphatic carbocycles. The predicted molar refractivity (Wildman–Crippen MR) is 70.3 cm³/mol. The van der Waals surface area contributed by atoms with E-state index in [-0.39, 0.29) is 6.61 Å². The van der Waals surface area contributed by atoms with Crippen molar-refractivity contribution in [3.05, 3.63) is 0 Å². The quantitative estimate of drug-likeness (QED) is 0.821. The summed E-state index contributed by atoms with van der Waals surface area (Å²) in [5, 5.41) is 8.92. The summed E-state index contributed by atoms with van der Waals surface area (Å²) in [7, 11) is -3.25. The highest BCUT2D eigenvalue weighted by atomic mass is 32.2. The number of piperidine rings is 1. The van der Waals surface area contributed by atoms with Crippen LogP contribution in [0.5, 0.6) is 0 Å². The van der Waals surface area contributed by atoms with Crippen LogP contribution in [0.4, 0.5) is 0 Å². The fourth-order valence-corrected chi connectivity index (χ4v) is 4.54. The number of aliphatic hydroxyl groups excluding tert-OH is 1. The van der Waals surface area contributed by atoms with Crippen LogP contribution in [0.3, 0.4) is 0 Å². The number of nitrogens with zero attached hydrogens (tertiary/aromatic N) is 2. The third-order valence-electron chi connectivity index (χ3n) is 4.18. The Hall–Kier alpha value is -0.170. The first-order chi connectivity index (χ1) is 8.54. The third kappa shape index (κ3) is 3.04. The van der Waals surface area contributed by atoms with E-state index >= 15 is 0 Å². The minimum absolute atomic E-state index is 0.153. The average Bonchev–Trinajstić information content (AvgIpc) is 2.79. The maximum Gasteiger partial charge on any atom is 0.281 e. The molecule has 2 aliphatic heterocycles. The first-order valence-corrected chi connectivity index (χ1v) is 8.30. The second-order valence-corrected chi connectivity index (χ2v) is 7.54. The molecular formula is C12H24N2O3S. The van der Waals surface area contributed by atoms with Crippen molar-refractivity contribution in [1.82, 2.24) is 8.61 Å². The Kier molecular flexibility index (Phi) is 4.64.